The van der Waals surface area contributed by atoms with E-state index in [1.807, 2.05) is 42.5 Å². The molecule has 0 saturated heterocycles. The van der Waals surface area contributed by atoms with Crippen molar-refractivity contribution in [1.82, 2.24) is 5.43 Å². The summed E-state index contributed by atoms with van der Waals surface area (Å²) >= 11 is 0. The molecular formula is C20H16N4O5. The highest BCUT2D eigenvalue weighted by atomic mass is 16.7. The molecular weight excluding hydrogens is 376 g/mol. The number of rotatable bonds is 6. The van der Waals surface area contributed by atoms with Crippen molar-refractivity contribution in [2.24, 2.45) is 5.10 Å². The highest BCUT2D eigenvalue weighted by Gasteiger charge is 2.22. The zero-order valence-corrected chi connectivity index (χ0v) is 15.1. The van der Waals surface area contributed by atoms with Gasteiger partial charge in [-0.05, 0) is 17.5 Å². The molecule has 0 unspecified atom stereocenters. The molecule has 29 heavy (non-hydrogen) atoms. The van der Waals surface area contributed by atoms with Crippen LogP contribution >= 0.6 is 0 Å². The summed E-state index contributed by atoms with van der Waals surface area (Å²) in [6, 6.07) is 16.3. The lowest BCUT2D eigenvalue weighted by atomic mass is 10.1. The second-order valence-electron chi connectivity index (χ2n) is 6.19. The van der Waals surface area contributed by atoms with Crippen LogP contribution in [-0.2, 0) is 4.79 Å². The van der Waals surface area contributed by atoms with Crippen LogP contribution in [0.15, 0.2) is 59.7 Å². The van der Waals surface area contributed by atoms with Crippen molar-refractivity contribution in [3.63, 3.8) is 0 Å². The number of ether oxygens (including phenoxy) is 2. The van der Waals surface area contributed by atoms with Gasteiger partial charge in [-0.1, -0.05) is 36.4 Å². The van der Waals surface area contributed by atoms with Gasteiger partial charge in [0, 0.05) is 11.1 Å². The van der Waals surface area contributed by atoms with Crippen molar-refractivity contribution >= 4 is 34.3 Å². The molecule has 0 saturated carbocycles. The van der Waals surface area contributed by atoms with Crippen LogP contribution in [0.5, 0.6) is 11.5 Å². The normalized spacial score (nSPS) is 12.3. The summed E-state index contributed by atoms with van der Waals surface area (Å²) < 4.78 is 10.4. The Morgan fingerprint density at radius 2 is 1.90 bits per heavy atom. The van der Waals surface area contributed by atoms with Crippen molar-refractivity contribution < 1.29 is 19.2 Å². The zero-order chi connectivity index (χ0) is 20.2. The zero-order valence-electron chi connectivity index (χ0n) is 15.1. The predicted octanol–water partition coefficient (Wildman–Crippen LogP) is 3.04. The Labute approximate surface area is 165 Å². The Kier molecular flexibility index (Phi) is 4.93. The van der Waals surface area contributed by atoms with Gasteiger partial charge in [0.1, 0.15) is 0 Å². The van der Waals surface area contributed by atoms with Gasteiger partial charge in [0.25, 0.3) is 11.6 Å². The average molecular weight is 392 g/mol. The summed E-state index contributed by atoms with van der Waals surface area (Å²) in [7, 11) is 0. The molecule has 0 bridgehead atoms. The topological polar surface area (TPSA) is 115 Å². The summed E-state index contributed by atoms with van der Waals surface area (Å²) in [6.45, 7) is -0.00175. The number of benzene rings is 3. The van der Waals surface area contributed by atoms with Crippen molar-refractivity contribution in [2.75, 3.05) is 18.7 Å². The van der Waals surface area contributed by atoms with Crippen LogP contribution in [-0.4, -0.2) is 30.4 Å². The first-order valence-electron chi connectivity index (χ1n) is 8.73. The van der Waals surface area contributed by atoms with Gasteiger partial charge >= 0.3 is 0 Å². The van der Waals surface area contributed by atoms with Crippen LogP contribution in [0.3, 0.4) is 0 Å². The number of fused-ring (bicyclic) bond motifs is 2. The maximum atomic E-state index is 12.1. The van der Waals surface area contributed by atoms with Gasteiger partial charge in [-0.2, -0.15) is 5.10 Å². The highest BCUT2D eigenvalue weighted by molar-refractivity contribution is 5.95. The average Bonchev–Trinajstić information content (AvgIpc) is 3.19. The van der Waals surface area contributed by atoms with E-state index in [4.69, 9.17) is 9.47 Å². The molecule has 1 aliphatic rings. The van der Waals surface area contributed by atoms with E-state index in [-0.39, 0.29) is 24.6 Å². The maximum absolute atomic E-state index is 12.1. The fourth-order valence-corrected chi connectivity index (χ4v) is 2.98. The van der Waals surface area contributed by atoms with E-state index in [0.29, 0.717) is 11.5 Å². The number of carbonyl (C=O) groups is 1. The molecule has 146 valence electrons. The summed E-state index contributed by atoms with van der Waals surface area (Å²) in [4.78, 5) is 22.8. The molecule has 1 amide bonds. The van der Waals surface area contributed by atoms with Gasteiger partial charge in [0.15, 0.2) is 11.5 Å². The number of carbonyl (C=O) groups excluding carboxylic acids is 1. The van der Waals surface area contributed by atoms with Gasteiger partial charge in [0.05, 0.1) is 29.3 Å². The minimum atomic E-state index is -0.548. The Bertz CT molecular complexity index is 1120. The summed E-state index contributed by atoms with van der Waals surface area (Å²) in [5.41, 5.74) is 3.19. The standard InChI is InChI=1S/C20H16N4O5/c25-20(11-21-16-7-3-5-13-4-1-2-6-15(13)16)23-22-10-14-8-18-19(29-12-28-18)9-17(14)24(26)27/h1-10,21H,11-12H2,(H,23,25)/b22-10-. The fraction of sp³-hybridized carbons (Fsp3) is 0.100. The predicted molar refractivity (Wildman–Crippen MR) is 107 cm³/mol. The van der Waals surface area contributed by atoms with E-state index in [0.717, 1.165) is 16.5 Å². The molecule has 0 atom stereocenters. The Morgan fingerprint density at radius 3 is 2.72 bits per heavy atom. The van der Waals surface area contributed by atoms with Crippen LogP contribution < -0.4 is 20.2 Å². The van der Waals surface area contributed by atoms with Crippen LogP contribution in [0.4, 0.5) is 11.4 Å². The molecule has 0 aromatic heterocycles. The molecule has 0 fully saturated rings. The Morgan fingerprint density at radius 1 is 1.14 bits per heavy atom. The Balaban J connectivity index is 1.41. The number of nitrogens with one attached hydrogen (secondary N) is 2. The quantitative estimate of drug-likeness (QED) is 0.378. The first kappa shape index (κ1) is 18.2. The van der Waals surface area contributed by atoms with Crippen molar-refractivity contribution in [1.29, 1.82) is 0 Å². The number of nitrogens with zero attached hydrogens (tertiary/aromatic N) is 2. The molecule has 1 aliphatic heterocycles. The van der Waals surface area contributed by atoms with Crippen molar-refractivity contribution in [2.45, 2.75) is 0 Å². The van der Waals surface area contributed by atoms with E-state index in [9.17, 15) is 14.9 Å². The molecule has 0 spiro atoms. The second-order valence-corrected chi connectivity index (χ2v) is 6.19. The number of hydrogen-bond acceptors (Lipinski definition) is 7. The molecule has 1 heterocycles. The van der Waals surface area contributed by atoms with E-state index >= 15 is 0 Å². The number of hydrazone groups is 1. The van der Waals surface area contributed by atoms with Crippen LogP contribution in [0.1, 0.15) is 5.56 Å². The Hall–Kier alpha value is -4.14. The highest BCUT2D eigenvalue weighted by Crippen LogP contribution is 2.37. The summed E-state index contributed by atoms with van der Waals surface area (Å²) in [5, 5.41) is 20.2. The SMILES string of the molecule is O=C(CNc1cccc2ccccc12)N/N=C\c1cc2c(cc1[N+](=O)[O-])OCO2. The number of nitro groups is 1. The van der Waals surface area contributed by atoms with E-state index < -0.39 is 10.8 Å². The van der Waals surface area contributed by atoms with Gasteiger partial charge in [0.2, 0.25) is 6.79 Å². The van der Waals surface area contributed by atoms with Gasteiger partial charge in [-0.3, -0.25) is 14.9 Å². The fourth-order valence-electron chi connectivity index (χ4n) is 2.98. The molecule has 4 rings (SSSR count). The van der Waals surface area contributed by atoms with Crippen LogP contribution in [0.2, 0.25) is 0 Å². The molecule has 2 N–H and O–H groups in total. The molecule has 0 radical (unpaired) electrons. The number of anilines is 1. The van der Waals surface area contributed by atoms with Gasteiger partial charge < -0.3 is 14.8 Å². The van der Waals surface area contributed by atoms with Crippen molar-refractivity contribution in [3.8, 4) is 11.5 Å². The summed E-state index contributed by atoms with van der Waals surface area (Å²) in [6.07, 6.45) is 1.20. The van der Waals surface area contributed by atoms with Gasteiger partial charge in [-0.15, -0.1) is 0 Å². The number of amides is 1. The lowest BCUT2D eigenvalue weighted by Crippen LogP contribution is -2.26. The minimum Gasteiger partial charge on any atom is -0.454 e. The maximum Gasteiger partial charge on any atom is 0.282 e. The number of hydrogen-bond donors (Lipinski definition) is 2. The minimum absolute atomic E-state index is 0.00363. The second kappa shape index (κ2) is 7.85. The molecule has 3 aromatic rings. The van der Waals surface area contributed by atoms with Crippen molar-refractivity contribution in [3.05, 3.63) is 70.3 Å². The lowest BCUT2D eigenvalue weighted by molar-refractivity contribution is -0.385. The van der Waals surface area contributed by atoms with E-state index in [2.05, 4.69) is 15.8 Å². The third kappa shape index (κ3) is 3.93. The van der Waals surface area contributed by atoms with Crippen LogP contribution in [0, 0.1) is 10.1 Å². The largest absolute Gasteiger partial charge is 0.454 e. The summed E-state index contributed by atoms with van der Waals surface area (Å²) in [5.74, 6) is 0.302. The molecule has 9 heteroatoms. The van der Waals surface area contributed by atoms with E-state index in [1.165, 1.54) is 18.3 Å². The molecule has 3 aromatic carbocycles. The smallest absolute Gasteiger partial charge is 0.282 e. The molecule has 9 nitrogen and oxygen atoms in total. The lowest BCUT2D eigenvalue weighted by Gasteiger charge is -2.08. The number of nitro benzene ring substituents is 1. The molecule has 0 aliphatic carbocycles. The monoisotopic (exact) mass is 392 g/mol. The van der Waals surface area contributed by atoms with Gasteiger partial charge in [-0.25, -0.2) is 5.43 Å². The third-order valence-corrected chi connectivity index (χ3v) is 4.34. The first-order valence-corrected chi connectivity index (χ1v) is 8.73. The van der Waals surface area contributed by atoms with E-state index in [1.54, 1.807) is 0 Å². The third-order valence-electron chi connectivity index (χ3n) is 4.34. The van der Waals surface area contributed by atoms with Crippen LogP contribution in [0.25, 0.3) is 10.8 Å². The first-order chi connectivity index (χ1) is 14.1.